The molecule has 1 aliphatic heterocycles. The molecule has 1 aromatic heterocycles. The molecule has 0 spiro atoms. The molecule has 3 aromatic carbocycles. The number of hydrogen-bond acceptors (Lipinski definition) is 6. The summed E-state index contributed by atoms with van der Waals surface area (Å²) in [6.45, 7) is 9.13. The molecular formula is C29H30N2O6. The fourth-order valence-electron chi connectivity index (χ4n) is 4.51. The zero-order chi connectivity index (χ0) is 26.0. The zero-order valence-electron chi connectivity index (χ0n) is 21.2. The van der Waals surface area contributed by atoms with Crippen LogP contribution in [-0.2, 0) is 17.9 Å². The van der Waals surface area contributed by atoms with Crippen LogP contribution in [0, 0.1) is 19.3 Å². The van der Waals surface area contributed by atoms with Crippen molar-refractivity contribution in [1.82, 2.24) is 9.72 Å². The first kappa shape index (κ1) is 24.6. The number of rotatable bonds is 9. The van der Waals surface area contributed by atoms with E-state index in [0.717, 1.165) is 51.5 Å². The molecule has 1 saturated heterocycles. The van der Waals surface area contributed by atoms with Crippen LogP contribution in [0.5, 0.6) is 11.5 Å². The van der Waals surface area contributed by atoms with Gasteiger partial charge in [-0.15, -0.1) is 4.74 Å². The molecular weight excluding hydrogens is 472 g/mol. The minimum absolute atomic E-state index is 0.106. The number of H-pyrrole nitrogens is 1. The van der Waals surface area contributed by atoms with E-state index in [1.165, 1.54) is 5.56 Å². The van der Waals surface area contributed by atoms with E-state index < -0.39 is 11.4 Å². The van der Waals surface area contributed by atoms with E-state index in [0.29, 0.717) is 19.0 Å². The van der Waals surface area contributed by atoms with Crippen LogP contribution in [0.3, 0.4) is 0 Å². The Morgan fingerprint density at radius 3 is 2.27 bits per heavy atom. The third-order valence-corrected chi connectivity index (χ3v) is 6.49. The number of benzene rings is 3. The highest BCUT2D eigenvalue weighted by Gasteiger charge is 2.34. The topological polar surface area (TPSA) is 95.7 Å². The molecule has 0 amide bonds. The molecule has 0 saturated carbocycles. The van der Waals surface area contributed by atoms with Gasteiger partial charge in [-0.2, -0.15) is 0 Å². The van der Waals surface area contributed by atoms with Crippen LogP contribution >= 0.6 is 0 Å². The highest BCUT2D eigenvalue weighted by atomic mass is 16.5. The van der Waals surface area contributed by atoms with Crippen molar-refractivity contribution < 1.29 is 18.7 Å². The van der Waals surface area contributed by atoms with Crippen LogP contribution in [0.4, 0.5) is 0 Å². The van der Waals surface area contributed by atoms with Crippen molar-refractivity contribution >= 4 is 0 Å². The molecule has 1 fully saturated rings. The largest absolute Gasteiger partial charge is 0.493 e. The third-order valence-electron chi connectivity index (χ3n) is 6.49. The lowest BCUT2D eigenvalue weighted by atomic mass is 9.90. The maximum atomic E-state index is 11.6. The molecule has 8 nitrogen and oxygen atoms in total. The summed E-state index contributed by atoms with van der Waals surface area (Å²) in [5, 5.41) is 0. The monoisotopic (exact) mass is 502 g/mol. The van der Waals surface area contributed by atoms with Gasteiger partial charge in [-0.25, -0.2) is 14.6 Å². The van der Waals surface area contributed by atoms with Gasteiger partial charge in [0, 0.05) is 5.41 Å². The molecule has 0 bridgehead atoms. The summed E-state index contributed by atoms with van der Waals surface area (Å²) in [6, 6.07) is 19.9. The number of ether oxygens (including phenoxy) is 3. The van der Waals surface area contributed by atoms with Gasteiger partial charge in [0.25, 0.3) is 0 Å². The van der Waals surface area contributed by atoms with Crippen LogP contribution in [0.15, 0.2) is 74.8 Å². The summed E-state index contributed by atoms with van der Waals surface area (Å²) in [6.07, 6.45) is 0. The first-order valence-electron chi connectivity index (χ1n) is 12.2. The Morgan fingerprint density at radius 2 is 1.65 bits per heavy atom. The molecule has 4 aromatic rings. The van der Waals surface area contributed by atoms with Crippen molar-refractivity contribution in [2.45, 2.75) is 33.9 Å². The van der Waals surface area contributed by atoms with E-state index in [-0.39, 0.29) is 12.0 Å². The first-order valence-corrected chi connectivity index (χ1v) is 12.2. The van der Waals surface area contributed by atoms with E-state index in [4.69, 9.17) is 18.7 Å². The van der Waals surface area contributed by atoms with Gasteiger partial charge in [0.1, 0.15) is 18.1 Å². The predicted molar refractivity (Wildman–Crippen MR) is 139 cm³/mol. The second kappa shape index (κ2) is 10.1. The van der Waals surface area contributed by atoms with E-state index in [2.05, 4.69) is 50.0 Å². The fraction of sp³-hybridized carbons (Fsp3) is 0.310. The summed E-state index contributed by atoms with van der Waals surface area (Å²) in [7, 11) is 0. The standard InChI is InChI=1S/C29H30N2O6/c1-19-11-25(36-18-29(3)16-34-17-29)12-20(2)26(19)23-6-4-5-22(13-23)15-35-24-9-7-21(8-10-24)14-31-27(32)30-28(33)37-31/h4-13H,14-18H2,1-3H3,(H,30,32,33). The number of nitrogens with one attached hydrogen (secondary N) is 1. The lowest BCUT2D eigenvalue weighted by Crippen LogP contribution is -2.44. The van der Waals surface area contributed by atoms with Gasteiger partial charge >= 0.3 is 11.4 Å². The number of aromatic amines is 1. The van der Waals surface area contributed by atoms with Crippen molar-refractivity contribution in [3.63, 3.8) is 0 Å². The van der Waals surface area contributed by atoms with Crippen LogP contribution in [0.1, 0.15) is 29.2 Å². The Hall–Kier alpha value is -4.04. The minimum atomic E-state index is -0.768. The van der Waals surface area contributed by atoms with Gasteiger partial charge in [-0.3, -0.25) is 0 Å². The number of aromatic nitrogens is 2. The Bertz CT molecular complexity index is 1490. The van der Waals surface area contributed by atoms with Gasteiger partial charge in [0.15, 0.2) is 0 Å². The SMILES string of the molecule is Cc1cc(OCC2(C)COC2)cc(C)c1-c1cccc(COc2ccc(Cn3oc(=O)[nH]c3=O)cc2)c1. The van der Waals surface area contributed by atoms with Gasteiger partial charge < -0.3 is 18.7 Å². The van der Waals surface area contributed by atoms with Crippen LogP contribution in [-0.4, -0.2) is 29.5 Å². The molecule has 37 heavy (non-hydrogen) atoms. The van der Waals surface area contributed by atoms with Crippen LogP contribution in [0.25, 0.3) is 11.1 Å². The fourth-order valence-corrected chi connectivity index (χ4v) is 4.51. The van der Waals surface area contributed by atoms with Gasteiger partial charge in [0.2, 0.25) is 0 Å². The molecule has 5 rings (SSSR count). The average Bonchev–Trinajstić information content (AvgIpc) is 3.17. The lowest BCUT2D eigenvalue weighted by Gasteiger charge is -2.37. The maximum Gasteiger partial charge on any atom is 0.440 e. The lowest BCUT2D eigenvalue weighted by molar-refractivity contribution is -0.120. The minimum Gasteiger partial charge on any atom is -0.493 e. The summed E-state index contributed by atoms with van der Waals surface area (Å²) in [5.41, 5.74) is 6.06. The number of hydrogen-bond donors (Lipinski definition) is 1. The molecule has 1 aliphatic rings. The number of aryl methyl sites for hydroxylation is 2. The number of nitrogens with zero attached hydrogens (tertiary/aromatic N) is 1. The normalized spacial score (nSPS) is 14.2. The van der Waals surface area contributed by atoms with Crippen molar-refractivity contribution in [3.8, 4) is 22.6 Å². The smallest absolute Gasteiger partial charge is 0.440 e. The van der Waals surface area contributed by atoms with Crippen molar-refractivity contribution in [2.75, 3.05) is 19.8 Å². The van der Waals surface area contributed by atoms with Gasteiger partial charge in [0.05, 0.1) is 26.4 Å². The van der Waals surface area contributed by atoms with Crippen LogP contribution in [0.2, 0.25) is 0 Å². The van der Waals surface area contributed by atoms with Crippen molar-refractivity contribution in [3.05, 3.63) is 104 Å². The van der Waals surface area contributed by atoms with E-state index in [9.17, 15) is 9.59 Å². The Balaban J connectivity index is 1.24. The highest BCUT2D eigenvalue weighted by molar-refractivity contribution is 5.72. The molecule has 2 heterocycles. The summed E-state index contributed by atoms with van der Waals surface area (Å²) in [4.78, 5) is 24.8. The molecule has 192 valence electrons. The molecule has 0 atom stereocenters. The molecule has 1 N–H and O–H groups in total. The second-order valence-corrected chi connectivity index (χ2v) is 10.0. The van der Waals surface area contributed by atoms with E-state index in [1.807, 2.05) is 36.4 Å². The Kier molecular flexibility index (Phi) is 6.76. The Labute approximate surface area is 214 Å². The van der Waals surface area contributed by atoms with Crippen LogP contribution < -0.4 is 20.9 Å². The molecule has 0 unspecified atom stereocenters. The predicted octanol–water partition coefficient (Wildman–Crippen LogP) is 4.46. The summed E-state index contributed by atoms with van der Waals surface area (Å²) < 4.78 is 23.2. The Morgan fingerprint density at radius 1 is 0.919 bits per heavy atom. The molecule has 0 radical (unpaired) electrons. The second-order valence-electron chi connectivity index (χ2n) is 10.0. The third kappa shape index (κ3) is 5.70. The van der Waals surface area contributed by atoms with Crippen molar-refractivity contribution in [2.24, 2.45) is 5.41 Å². The molecule has 8 heteroatoms. The highest BCUT2D eigenvalue weighted by Crippen LogP contribution is 2.33. The van der Waals surface area contributed by atoms with Gasteiger partial charge in [-0.1, -0.05) is 37.3 Å². The first-order chi connectivity index (χ1) is 17.8. The zero-order valence-corrected chi connectivity index (χ0v) is 21.2. The van der Waals surface area contributed by atoms with E-state index in [1.54, 1.807) is 0 Å². The van der Waals surface area contributed by atoms with Gasteiger partial charge in [-0.05, 0) is 77.6 Å². The summed E-state index contributed by atoms with van der Waals surface area (Å²) in [5.74, 6) is 0.825. The van der Waals surface area contributed by atoms with E-state index >= 15 is 0 Å². The average molecular weight is 503 g/mol. The van der Waals surface area contributed by atoms with Crippen molar-refractivity contribution in [1.29, 1.82) is 0 Å². The maximum absolute atomic E-state index is 11.6. The molecule has 0 aliphatic carbocycles. The summed E-state index contributed by atoms with van der Waals surface area (Å²) >= 11 is 0. The quantitative estimate of drug-likeness (QED) is 0.363.